The molecule has 14 heteroatoms. The van der Waals surface area contributed by atoms with E-state index in [1.807, 2.05) is 0 Å². The van der Waals surface area contributed by atoms with Crippen molar-refractivity contribution in [3.63, 3.8) is 0 Å². The molecule has 0 saturated carbocycles. The van der Waals surface area contributed by atoms with E-state index in [9.17, 15) is 49.6 Å². The largest absolute Gasteiger partial charge is 0.457 e. The number of carbonyl (C=O) groups excluding carboxylic acids is 1. The molecule has 0 fully saturated rings. The molecule has 37 heavy (non-hydrogen) atoms. The van der Waals surface area contributed by atoms with Gasteiger partial charge in [-0.25, -0.2) is 0 Å². The molecule has 0 aliphatic heterocycles. The molecule has 3 rings (SSSR count). The Bertz CT molecular complexity index is 1380. The van der Waals surface area contributed by atoms with Crippen molar-refractivity contribution in [2.24, 2.45) is 0 Å². The van der Waals surface area contributed by atoms with Crippen LogP contribution in [0, 0.1) is 11.3 Å². The van der Waals surface area contributed by atoms with Gasteiger partial charge in [0.1, 0.15) is 23.2 Å². The summed E-state index contributed by atoms with van der Waals surface area (Å²) in [6.45, 7) is 0. The number of nitrogens with one attached hydrogen (secondary N) is 1. The van der Waals surface area contributed by atoms with E-state index in [2.05, 4.69) is 0 Å². The predicted octanol–water partition coefficient (Wildman–Crippen LogP) is 8.20. The van der Waals surface area contributed by atoms with E-state index in [-0.39, 0.29) is 40.3 Å². The van der Waals surface area contributed by atoms with Crippen molar-refractivity contribution in [2.75, 3.05) is 5.32 Å². The number of hydrogen-bond acceptors (Lipinski definition) is 3. The summed E-state index contributed by atoms with van der Waals surface area (Å²) in [5.74, 6) is -1.78. The van der Waals surface area contributed by atoms with E-state index < -0.39 is 52.4 Å². The van der Waals surface area contributed by atoms with Crippen molar-refractivity contribution in [1.82, 2.24) is 0 Å². The number of amides is 1. The molecule has 0 spiro atoms. The number of halogens is 10. The van der Waals surface area contributed by atoms with Crippen LogP contribution in [0.2, 0.25) is 5.02 Å². The topological polar surface area (TPSA) is 66.0 Å². The second-order valence-electron chi connectivity index (χ2n) is 7.31. The maximum atomic E-state index is 13.0. The van der Waals surface area contributed by atoms with E-state index in [0.29, 0.717) is 6.07 Å². The summed E-state index contributed by atoms with van der Waals surface area (Å²) >= 11 is 5.93. The number of nitrogens with zero attached hydrogens (tertiary/aromatic N) is 1. The van der Waals surface area contributed by atoms with Crippen LogP contribution in [0.4, 0.5) is 45.2 Å². The van der Waals surface area contributed by atoms with Crippen molar-refractivity contribution in [1.29, 1.82) is 5.26 Å². The molecule has 1 N–H and O–H groups in total. The lowest BCUT2D eigenvalue weighted by atomic mass is 10.1. The molecule has 4 nitrogen and oxygen atoms in total. The van der Waals surface area contributed by atoms with Crippen LogP contribution < -0.4 is 5.32 Å². The zero-order chi connectivity index (χ0) is 27.8. The van der Waals surface area contributed by atoms with Gasteiger partial charge in [0, 0.05) is 17.3 Å². The summed E-state index contributed by atoms with van der Waals surface area (Å²) in [6.07, 6.45) is -14.2. The average Bonchev–Trinajstić information content (AvgIpc) is 3.23. The van der Waals surface area contributed by atoms with Gasteiger partial charge in [-0.2, -0.15) is 44.8 Å². The lowest BCUT2D eigenvalue weighted by Gasteiger charge is -2.14. The van der Waals surface area contributed by atoms with Crippen LogP contribution in [0.3, 0.4) is 0 Å². The highest BCUT2D eigenvalue weighted by molar-refractivity contribution is 6.33. The zero-order valence-corrected chi connectivity index (χ0v) is 18.5. The summed E-state index contributed by atoms with van der Waals surface area (Å²) in [5.41, 5.74) is -6.24. The van der Waals surface area contributed by atoms with E-state index in [4.69, 9.17) is 16.0 Å². The Morgan fingerprint density at radius 1 is 0.838 bits per heavy atom. The fourth-order valence-electron chi connectivity index (χ4n) is 2.98. The van der Waals surface area contributed by atoms with Gasteiger partial charge < -0.3 is 9.73 Å². The Kier molecular flexibility index (Phi) is 7.37. The lowest BCUT2D eigenvalue weighted by Crippen LogP contribution is -2.16. The minimum absolute atomic E-state index is 0.110. The molecule has 3 aromatic rings. The lowest BCUT2D eigenvalue weighted by molar-refractivity contribution is -0.143. The molecule has 2 aromatic carbocycles. The normalized spacial score (nSPS) is 12.8. The molecule has 0 bridgehead atoms. The molecular weight excluding hydrogens is 543 g/mol. The van der Waals surface area contributed by atoms with Gasteiger partial charge in [-0.05, 0) is 48.5 Å². The number of benzene rings is 2. The van der Waals surface area contributed by atoms with Crippen LogP contribution in [-0.4, -0.2) is 5.91 Å². The Hall–Kier alpha value is -3.92. The van der Waals surface area contributed by atoms with Crippen molar-refractivity contribution < 1.29 is 48.7 Å². The van der Waals surface area contributed by atoms with Gasteiger partial charge in [0.25, 0.3) is 5.91 Å². The Morgan fingerprint density at radius 2 is 1.41 bits per heavy atom. The summed E-state index contributed by atoms with van der Waals surface area (Å²) in [7, 11) is 0. The maximum Gasteiger partial charge on any atom is 0.416 e. The van der Waals surface area contributed by atoms with Gasteiger partial charge in [-0.15, -0.1) is 0 Å². The van der Waals surface area contributed by atoms with E-state index >= 15 is 0 Å². The highest BCUT2D eigenvalue weighted by atomic mass is 35.5. The Labute approximate surface area is 206 Å². The fraction of sp³-hybridized carbons (Fsp3) is 0.130. The number of anilines is 1. The average molecular weight is 553 g/mol. The number of furan rings is 1. The number of hydrogen-bond donors (Lipinski definition) is 1. The fourth-order valence-corrected chi connectivity index (χ4v) is 3.19. The third kappa shape index (κ3) is 6.65. The first-order chi connectivity index (χ1) is 17.0. The molecule has 194 valence electrons. The highest BCUT2D eigenvalue weighted by Gasteiger charge is 2.37. The molecular formula is C23H10ClF9N2O2. The van der Waals surface area contributed by atoms with E-state index in [1.165, 1.54) is 12.1 Å². The third-order valence-corrected chi connectivity index (χ3v) is 5.01. The third-order valence-electron chi connectivity index (χ3n) is 4.68. The predicted molar refractivity (Wildman–Crippen MR) is 113 cm³/mol. The van der Waals surface area contributed by atoms with E-state index in [0.717, 1.165) is 24.3 Å². The first-order valence-corrected chi connectivity index (χ1v) is 10.1. The quantitative estimate of drug-likeness (QED) is 0.201. The molecule has 0 aliphatic rings. The SMILES string of the molecule is N#C/C(=C\c1ccc(-c2cc(C(F)(F)F)ccc2Cl)o1)C(=O)Nc1cc(C(F)(F)F)cc(C(F)(F)F)c1. The molecule has 1 amide bonds. The zero-order valence-electron chi connectivity index (χ0n) is 17.7. The van der Waals surface area contributed by atoms with Crippen LogP contribution in [-0.2, 0) is 23.3 Å². The van der Waals surface area contributed by atoms with Crippen molar-refractivity contribution >= 4 is 29.3 Å². The molecule has 0 radical (unpaired) electrons. The second kappa shape index (κ2) is 9.85. The summed E-state index contributed by atoms with van der Waals surface area (Å²) in [6, 6.07) is 6.56. The van der Waals surface area contributed by atoms with Crippen molar-refractivity contribution in [2.45, 2.75) is 18.5 Å². The molecule has 0 unspecified atom stereocenters. The summed E-state index contributed by atoms with van der Waals surface area (Å²) in [5, 5.41) is 11.0. The second-order valence-corrected chi connectivity index (χ2v) is 7.72. The number of rotatable bonds is 4. The van der Waals surface area contributed by atoms with Gasteiger partial charge in [0.2, 0.25) is 0 Å². The highest BCUT2D eigenvalue weighted by Crippen LogP contribution is 2.38. The van der Waals surface area contributed by atoms with Gasteiger partial charge in [-0.1, -0.05) is 11.6 Å². The van der Waals surface area contributed by atoms with Crippen LogP contribution in [0.15, 0.2) is 58.5 Å². The molecule has 0 saturated heterocycles. The Balaban J connectivity index is 1.92. The first-order valence-electron chi connectivity index (χ1n) is 9.68. The summed E-state index contributed by atoms with van der Waals surface area (Å²) < 4.78 is 122. The number of nitriles is 1. The molecule has 1 heterocycles. The van der Waals surface area contributed by atoms with Gasteiger partial charge in [-0.3, -0.25) is 4.79 Å². The van der Waals surface area contributed by atoms with Crippen LogP contribution in [0.5, 0.6) is 0 Å². The smallest absolute Gasteiger partial charge is 0.416 e. The Morgan fingerprint density at radius 3 is 1.92 bits per heavy atom. The summed E-state index contributed by atoms with van der Waals surface area (Å²) in [4.78, 5) is 12.4. The molecule has 1 aromatic heterocycles. The number of carbonyl (C=O) groups is 1. The molecule has 0 atom stereocenters. The monoisotopic (exact) mass is 552 g/mol. The van der Waals surface area contributed by atoms with Gasteiger partial charge >= 0.3 is 18.5 Å². The standard InChI is InChI=1S/C23H10ClF9N2O2/c24-18-3-1-12(21(25,26)27)9-17(18)19-4-2-16(37-19)5-11(10-34)20(36)35-15-7-13(22(28,29)30)6-14(8-15)23(31,32)33/h1-9H,(H,35,36)/b11-5+. The maximum absolute atomic E-state index is 13.0. The molecule has 0 aliphatic carbocycles. The van der Waals surface area contributed by atoms with Crippen LogP contribution >= 0.6 is 11.6 Å². The number of alkyl halides is 9. The van der Waals surface area contributed by atoms with Crippen molar-refractivity contribution in [3.05, 3.63) is 81.6 Å². The van der Waals surface area contributed by atoms with Crippen LogP contribution in [0.1, 0.15) is 22.5 Å². The van der Waals surface area contributed by atoms with Crippen LogP contribution in [0.25, 0.3) is 17.4 Å². The van der Waals surface area contributed by atoms with Crippen molar-refractivity contribution in [3.8, 4) is 17.4 Å². The minimum atomic E-state index is -5.16. The van der Waals surface area contributed by atoms with Gasteiger partial charge in [0.05, 0.1) is 21.7 Å². The first kappa shape index (κ1) is 27.7. The van der Waals surface area contributed by atoms with Gasteiger partial charge in [0.15, 0.2) is 0 Å². The van der Waals surface area contributed by atoms with E-state index in [1.54, 1.807) is 5.32 Å². The minimum Gasteiger partial charge on any atom is -0.457 e.